The summed E-state index contributed by atoms with van der Waals surface area (Å²) in [6, 6.07) is 11.6. The van der Waals surface area contributed by atoms with Crippen LogP contribution in [0.1, 0.15) is 5.56 Å². The van der Waals surface area contributed by atoms with Crippen LogP contribution in [0.2, 0.25) is 5.02 Å². The number of alkyl halides is 3. The molecule has 2 aromatic heterocycles. The zero-order valence-electron chi connectivity index (χ0n) is 13.5. The molecule has 0 fully saturated rings. The minimum atomic E-state index is -4.46. The number of hydrogen-bond acceptors (Lipinski definition) is 4. The molecule has 0 atom stereocenters. The molecular formula is C18H10ClF3N4O. The fourth-order valence-corrected chi connectivity index (χ4v) is 2.73. The lowest BCUT2D eigenvalue weighted by Gasteiger charge is -2.10. The quantitative estimate of drug-likeness (QED) is 0.477. The average Bonchev–Trinajstić information content (AvgIpc) is 3.06. The Bertz CT molecular complexity index is 1130. The largest absolute Gasteiger partial charge is 0.438 e. The second-order valence-corrected chi connectivity index (χ2v) is 6.02. The summed E-state index contributed by atoms with van der Waals surface area (Å²) in [5, 5.41) is 5.25. The molecular weight excluding hydrogens is 381 g/mol. The predicted octanol–water partition coefficient (Wildman–Crippen LogP) is 5.28. The van der Waals surface area contributed by atoms with Gasteiger partial charge in [0.25, 0.3) is 0 Å². The van der Waals surface area contributed by atoms with Crippen molar-refractivity contribution in [1.29, 1.82) is 0 Å². The summed E-state index contributed by atoms with van der Waals surface area (Å²) in [4.78, 5) is 8.22. The van der Waals surface area contributed by atoms with Crippen LogP contribution in [0.15, 0.2) is 61.1 Å². The molecule has 9 heteroatoms. The molecule has 4 rings (SSSR count). The van der Waals surface area contributed by atoms with E-state index in [9.17, 15) is 13.2 Å². The number of aromatic nitrogens is 4. The Labute approximate surface area is 156 Å². The van der Waals surface area contributed by atoms with E-state index >= 15 is 0 Å². The third kappa shape index (κ3) is 3.43. The second kappa shape index (κ2) is 6.55. The van der Waals surface area contributed by atoms with E-state index in [-0.39, 0.29) is 11.6 Å². The van der Waals surface area contributed by atoms with Crippen LogP contribution in [0.3, 0.4) is 0 Å². The molecule has 0 unspecified atom stereocenters. The van der Waals surface area contributed by atoms with Gasteiger partial charge in [0.05, 0.1) is 17.4 Å². The Morgan fingerprint density at radius 1 is 1.00 bits per heavy atom. The van der Waals surface area contributed by atoms with Crippen LogP contribution < -0.4 is 4.74 Å². The van der Waals surface area contributed by atoms with Crippen molar-refractivity contribution in [3.8, 4) is 17.3 Å². The predicted molar refractivity (Wildman–Crippen MR) is 93.2 cm³/mol. The zero-order chi connectivity index (χ0) is 19.0. The van der Waals surface area contributed by atoms with E-state index < -0.39 is 11.7 Å². The maximum atomic E-state index is 12.9. The van der Waals surface area contributed by atoms with Gasteiger partial charge in [-0.1, -0.05) is 23.7 Å². The van der Waals surface area contributed by atoms with Gasteiger partial charge in [-0.05, 0) is 36.4 Å². The summed E-state index contributed by atoms with van der Waals surface area (Å²) < 4.78 is 45.7. The summed E-state index contributed by atoms with van der Waals surface area (Å²) >= 11 is 6.01. The van der Waals surface area contributed by atoms with E-state index in [1.807, 2.05) is 0 Å². The van der Waals surface area contributed by atoms with E-state index in [2.05, 4.69) is 15.1 Å². The summed E-state index contributed by atoms with van der Waals surface area (Å²) in [5.74, 6) is 0.118. The van der Waals surface area contributed by atoms with Crippen molar-refractivity contribution in [1.82, 2.24) is 19.7 Å². The maximum Gasteiger partial charge on any atom is 0.416 e. The van der Waals surface area contributed by atoms with Gasteiger partial charge < -0.3 is 4.74 Å². The fraction of sp³-hybridized carbons (Fsp3) is 0.0556. The molecule has 0 aliphatic heterocycles. The van der Waals surface area contributed by atoms with Crippen LogP contribution in [0, 0.1) is 0 Å². The summed E-state index contributed by atoms with van der Waals surface area (Å²) in [7, 11) is 0. The summed E-state index contributed by atoms with van der Waals surface area (Å²) in [5.41, 5.74) is 0.315. The van der Waals surface area contributed by atoms with Gasteiger partial charge in [0.1, 0.15) is 17.5 Å². The van der Waals surface area contributed by atoms with Gasteiger partial charge >= 0.3 is 6.18 Å². The van der Waals surface area contributed by atoms with Crippen LogP contribution in [0.25, 0.3) is 16.7 Å². The lowest BCUT2D eigenvalue weighted by atomic mass is 10.2. The van der Waals surface area contributed by atoms with Crippen molar-refractivity contribution in [3.05, 3.63) is 71.6 Å². The highest BCUT2D eigenvalue weighted by Gasteiger charge is 2.30. The third-order valence-corrected chi connectivity index (χ3v) is 3.99. The third-order valence-electron chi connectivity index (χ3n) is 3.76. The Hall–Kier alpha value is -3.13. The van der Waals surface area contributed by atoms with Crippen LogP contribution in [-0.2, 0) is 6.18 Å². The van der Waals surface area contributed by atoms with Crippen LogP contribution in [-0.4, -0.2) is 19.7 Å². The van der Waals surface area contributed by atoms with E-state index in [1.165, 1.54) is 24.7 Å². The first-order valence-electron chi connectivity index (χ1n) is 7.71. The number of benzene rings is 2. The Morgan fingerprint density at radius 2 is 1.81 bits per heavy atom. The van der Waals surface area contributed by atoms with Crippen molar-refractivity contribution in [3.63, 3.8) is 0 Å². The molecule has 5 nitrogen and oxygen atoms in total. The number of hydrogen-bond donors (Lipinski definition) is 0. The van der Waals surface area contributed by atoms with E-state index in [0.717, 1.165) is 12.1 Å². The minimum absolute atomic E-state index is 0.0142. The van der Waals surface area contributed by atoms with Gasteiger partial charge in [-0.2, -0.15) is 18.3 Å². The SMILES string of the molecule is FC(F)(F)c1cccc(Oc2ncnc3c2cnn3-c2cccc(Cl)c2)c1. The maximum absolute atomic E-state index is 12.9. The second-order valence-electron chi connectivity index (χ2n) is 5.58. The number of halogens is 4. The normalized spacial score (nSPS) is 11.7. The highest BCUT2D eigenvalue weighted by molar-refractivity contribution is 6.30. The Morgan fingerprint density at radius 3 is 2.59 bits per heavy atom. The molecule has 136 valence electrons. The van der Waals surface area contributed by atoms with Gasteiger partial charge in [0.2, 0.25) is 5.88 Å². The van der Waals surface area contributed by atoms with Gasteiger partial charge in [-0.15, -0.1) is 0 Å². The highest BCUT2D eigenvalue weighted by atomic mass is 35.5. The van der Waals surface area contributed by atoms with Crippen molar-refractivity contribution in [2.75, 3.05) is 0 Å². The minimum Gasteiger partial charge on any atom is -0.438 e. The molecule has 0 saturated carbocycles. The monoisotopic (exact) mass is 390 g/mol. The zero-order valence-corrected chi connectivity index (χ0v) is 14.2. The van der Waals surface area contributed by atoms with Gasteiger partial charge in [0, 0.05) is 5.02 Å². The topological polar surface area (TPSA) is 52.8 Å². The average molecular weight is 391 g/mol. The highest BCUT2D eigenvalue weighted by Crippen LogP contribution is 2.33. The van der Waals surface area contributed by atoms with Gasteiger partial charge in [0.15, 0.2) is 5.65 Å². The molecule has 0 radical (unpaired) electrons. The van der Waals surface area contributed by atoms with Crippen molar-refractivity contribution in [2.24, 2.45) is 0 Å². The molecule has 0 spiro atoms. The molecule has 0 saturated heterocycles. The standard InChI is InChI=1S/C18H10ClF3N4O/c19-12-4-2-5-13(8-12)26-16-15(9-25-26)17(24-10-23-16)27-14-6-1-3-11(7-14)18(20,21)22/h1-10H. The lowest BCUT2D eigenvalue weighted by Crippen LogP contribution is -2.04. The number of fused-ring (bicyclic) bond motifs is 1. The molecule has 2 aromatic carbocycles. The lowest BCUT2D eigenvalue weighted by molar-refractivity contribution is -0.137. The number of rotatable bonds is 3. The molecule has 0 aliphatic carbocycles. The first kappa shape index (κ1) is 17.3. The first-order valence-corrected chi connectivity index (χ1v) is 8.09. The van der Waals surface area contributed by atoms with E-state index in [1.54, 1.807) is 28.9 Å². The summed E-state index contributed by atoms with van der Waals surface area (Å²) in [6.45, 7) is 0. The van der Waals surface area contributed by atoms with E-state index in [0.29, 0.717) is 21.7 Å². The van der Waals surface area contributed by atoms with E-state index in [4.69, 9.17) is 16.3 Å². The van der Waals surface area contributed by atoms with Crippen molar-refractivity contribution in [2.45, 2.75) is 6.18 Å². The smallest absolute Gasteiger partial charge is 0.416 e. The molecule has 27 heavy (non-hydrogen) atoms. The summed E-state index contributed by atoms with van der Waals surface area (Å²) in [6.07, 6.45) is -1.72. The van der Waals surface area contributed by atoms with Gasteiger partial charge in [-0.25, -0.2) is 14.6 Å². The van der Waals surface area contributed by atoms with Crippen LogP contribution in [0.5, 0.6) is 11.6 Å². The number of ether oxygens (including phenoxy) is 1. The molecule has 4 aromatic rings. The first-order chi connectivity index (χ1) is 12.9. The Kier molecular flexibility index (Phi) is 4.19. The molecule has 0 bridgehead atoms. The molecule has 2 heterocycles. The molecule has 0 aliphatic rings. The Balaban J connectivity index is 1.74. The van der Waals surface area contributed by atoms with Crippen molar-refractivity contribution < 1.29 is 17.9 Å². The number of nitrogens with zero attached hydrogens (tertiary/aromatic N) is 4. The van der Waals surface area contributed by atoms with Gasteiger partial charge in [-0.3, -0.25) is 0 Å². The van der Waals surface area contributed by atoms with Crippen LogP contribution >= 0.6 is 11.6 Å². The molecule has 0 N–H and O–H groups in total. The van der Waals surface area contributed by atoms with Crippen molar-refractivity contribution >= 4 is 22.6 Å². The molecule has 0 amide bonds. The van der Waals surface area contributed by atoms with Crippen LogP contribution in [0.4, 0.5) is 13.2 Å². The fourth-order valence-electron chi connectivity index (χ4n) is 2.55.